The first-order valence-electron chi connectivity index (χ1n) is 7.37. The largest absolute Gasteiger partial charge is 0.350 e. The third-order valence-electron chi connectivity index (χ3n) is 3.80. The Balaban J connectivity index is 1.60. The Morgan fingerprint density at radius 3 is 2.74 bits per heavy atom. The summed E-state index contributed by atoms with van der Waals surface area (Å²) in [6, 6.07) is 11.2. The molecule has 1 aromatic carbocycles. The number of halogens is 1. The van der Waals surface area contributed by atoms with E-state index in [1.165, 1.54) is 17.0 Å². The van der Waals surface area contributed by atoms with Crippen LogP contribution in [0.4, 0.5) is 10.1 Å². The van der Waals surface area contributed by atoms with E-state index in [9.17, 15) is 14.0 Å². The van der Waals surface area contributed by atoms with Gasteiger partial charge in [-0.05, 0) is 36.4 Å². The van der Waals surface area contributed by atoms with Crippen LogP contribution in [0.5, 0.6) is 0 Å². The van der Waals surface area contributed by atoms with E-state index in [-0.39, 0.29) is 24.1 Å². The summed E-state index contributed by atoms with van der Waals surface area (Å²) in [6.45, 7) is 0.638. The Labute approximate surface area is 133 Å². The summed E-state index contributed by atoms with van der Waals surface area (Å²) >= 11 is 0. The Morgan fingerprint density at radius 2 is 2.04 bits per heavy atom. The highest BCUT2D eigenvalue weighted by Crippen LogP contribution is 2.25. The van der Waals surface area contributed by atoms with E-state index in [2.05, 4.69) is 10.3 Å². The highest BCUT2D eigenvalue weighted by molar-refractivity contribution is 6.00. The highest BCUT2D eigenvalue weighted by Gasteiger charge is 2.34. The van der Waals surface area contributed by atoms with Gasteiger partial charge in [0.1, 0.15) is 5.82 Å². The molecule has 1 N–H and O–H groups in total. The van der Waals surface area contributed by atoms with Crippen LogP contribution in [-0.2, 0) is 16.1 Å². The maximum Gasteiger partial charge on any atom is 0.227 e. The number of amides is 2. The molecule has 1 aliphatic heterocycles. The molecular weight excluding hydrogens is 297 g/mol. The van der Waals surface area contributed by atoms with Gasteiger partial charge >= 0.3 is 0 Å². The van der Waals surface area contributed by atoms with Crippen LogP contribution >= 0.6 is 0 Å². The van der Waals surface area contributed by atoms with Crippen molar-refractivity contribution in [3.05, 3.63) is 60.2 Å². The monoisotopic (exact) mass is 313 g/mol. The average molecular weight is 313 g/mol. The molecule has 0 aliphatic carbocycles. The summed E-state index contributed by atoms with van der Waals surface area (Å²) in [5, 5.41) is 2.80. The third-order valence-corrected chi connectivity index (χ3v) is 3.80. The fraction of sp³-hybridized carbons (Fsp3) is 0.235. The number of nitrogens with one attached hydrogen (secondary N) is 1. The second-order valence-corrected chi connectivity index (χ2v) is 5.42. The zero-order chi connectivity index (χ0) is 16.2. The lowest BCUT2D eigenvalue weighted by Crippen LogP contribution is -2.32. The second kappa shape index (κ2) is 6.56. The Kier molecular flexibility index (Phi) is 4.32. The third kappa shape index (κ3) is 3.53. The average Bonchev–Trinajstić information content (AvgIpc) is 2.96. The number of nitrogens with zero attached hydrogens (tertiary/aromatic N) is 2. The topological polar surface area (TPSA) is 62.3 Å². The molecule has 1 unspecified atom stereocenters. The molecule has 0 spiro atoms. The van der Waals surface area contributed by atoms with Crippen molar-refractivity contribution in [2.45, 2.75) is 13.0 Å². The van der Waals surface area contributed by atoms with E-state index in [0.717, 1.165) is 5.69 Å². The fourth-order valence-corrected chi connectivity index (χ4v) is 2.58. The summed E-state index contributed by atoms with van der Waals surface area (Å²) < 4.78 is 13.0. The molecule has 1 fully saturated rings. The van der Waals surface area contributed by atoms with Gasteiger partial charge in [-0.25, -0.2) is 4.39 Å². The summed E-state index contributed by atoms with van der Waals surface area (Å²) in [5.41, 5.74) is 1.37. The number of hydrogen-bond donors (Lipinski definition) is 1. The van der Waals surface area contributed by atoms with Gasteiger partial charge < -0.3 is 10.2 Å². The number of carbonyl (C=O) groups is 2. The lowest BCUT2D eigenvalue weighted by molar-refractivity contribution is -0.126. The van der Waals surface area contributed by atoms with E-state index < -0.39 is 5.92 Å². The van der Waals surface area contributed by atoms with E-state index >= 15 is 0 Å². The van der Waals surface area contributed by atoms with Gasteiger partial charge in [0.05, 0.1) is 18.2 Å². The molecule has 5 nitrogen and oxygen atoms in total. The number of rotatable bonds is 4. The zero-order valence-corrected chi connectivity index (χ0v) is 12.4. The Bertz CT molecular complexity index is 704. The first-order chi connectivity index (χ1) is 11.1. The predicted molar refractivity (Wildman–Crippen MR) is 82.9 cm³/mol. The first-order valence-corrected chi connectivity index (χ1v) is 7.37. The van der Waals surface area contributed by atoms with Crippen molar-refractivity contribution in [2.75, 3.05) is 11.4 Å². The van der Waals surface area contributed by atoms with Crippen molar-refractivity contribution in [2.24, 2.45) is 5.92 Å². The minimum atomic E-state index is -0.406. The SMILES string of the molecule is O=C(NCc1ccccn1)C1CC(=O)N(c2ccc(F)cc2)C1. The molecule has 2 amide bonds. The molecular formula is C17H16FN3O2. The first kappa shape index (κ1) is 15.1. The molecule has 6 heteroatoms. The minimum absolute atomic E-state index is 0.130. The van der Waals surface area contributed by atoms with Crippen LogP contribution < -0.4 is 10.2 Å². The lowest BCUT2D eigenvalue weighted by atomic mass is 10.1. The van der Waals surface area contributed by atoms with Crippen molar-refractivity contribution in [3.8, 4) is 0 Å². The number of anilines is 1. The van der Waals surface area contributed by atoms with Crippen LogP contribution in [0.2, 0.25) is 0 Å². The molecule has 1 saturated heterocycles. The molecule has 1 atom stereocenters. The molecule has 2 aromatic rings. The van der Waals surface area contributed by atoms with Crippen LogP contribution in [0.25, 0.3) is 0 Å². The number of pyridine rings is 1. The number of aromatic nitrogens is 1. The maximum atomic E-state index is 13.0. The molecule has 23 heavy (non-hydrogen) atoms. The molecule has 2 heterocycles. The van der Waals surface area contributed by atoms with Gasteiger partial charge in [-0.15, -0.1) is 0 Å². The Hall–Kier alpha value is -2.76. The molecule has 3 rings (SSSR count). The minimum Gasteiger partial charge on any atom is -0.350 e. The van der Waals surface area contributed by atoms with Crippen molar-refractivity contribution in [1.29, 1.82) is 0 Å². The van der Waals surface area contributed by atoms with Crippen LogP contribution in [0, 0.1) is 11.7 Å². The van der Waals surface area contributed by atoms with E-state index in [0.29, 0.717) is 18.8 Å². The van der Waals surface area contributed by atoms with Gasteiger partial charge in [0.25, 0.3) is 0 Å². The van der Waals surface area contributed by atoms with Crippen LogP contribution in [0.15, 0.2) is 48.7 Å². The van der Waals surface area contributed by atoms with Gasteiger partial charge in [0, 0.05) is 24.8 Å². The van der Waals surface area contributed by atoms with Gasteiger partial charge in [-0.3, -0.25) is 14.6 Å². The lowest BCUT2D eigenvalue weighted by Gasteiger charge is -2.16. The summed E-state index contributed by atoms with van der Waals surface area (Å²) in [5.74, 6) is -1.07. The van der Waals surface area contributed by atoms with Crippen molar-refractivity contribution >= 4 is 17.5 Å². The molecule has 0 bridgehead atoms. The van der Waals surface area contributed by atoms with Crippen LogP contribution in [0.3, 0.4) is 0 Å². The van der Waals surface area contributed by atoms with Gasteiger partial charge in [-0.2, -0.15) is 0 Å². The smallest absolute Gasteiger partial charge is 0.227 e. The number of hydrogen-bond acceptors (Lipinski definition) is 3. The summed E-state index contributed by atoms with van der Waals surface area (Å²) in [7, 11) is 0. The normalized spacial score (nSPS) is 17.3. The molecule has 1 aromatic heterocycles. The molecule has 0 radical (unpaired) electrons. The van der Waals surface area contributed by atoms with Gasteiger partial charge in [0.15, 0.2) is 0 Å². The molecule has 118 valence electrons. The van der Waals surface area contributed by atoms with Crippen LogP contribution in [-0.4, -0.2) is 23.3 Å². The van der Waals surface area contributed by atoms with E-state index in [1.54, 1.807) is 18.3 Å². The van der Waals surface area contributed by atoms with Crippen molar-refractivity contribution < 1.29 is 14.0 Å². The second-order valence-electron chi connectivity index (χ2n) is 5.42. The molecule has 0 saturated carbocycles. The van der Waals surface area contributed by atoms with Crippen molar-refractivity contribution in [1.82, 2.24) is 10.3 Å². The van der Waals surface area contributed by atoms with Crippen molar-refractivity contribution in [3.63, 3.8) is 0 Å². The number of benzene rings is 1. The van der Waals surface area contributed by atoms with Crippen LogP contribution in [0.1, 0.15) is 12.1 Å². The number of carbonyl (C=O) groups excluding carboxylic acids is 2. The van der Waals surface area contributed by atoms with E-state index in [1.807, 2.05) is 18.2 Å². The maximum absolute atomic E-state index is 13.0. The van der Waals surface area contributed by atoms with Gasteiger partial charge in [-0.1, -0.05) is 6.07 Å². The fourth-order valence-electron chi connectivity index (χ4n) is 2.58. The standard InChI is InChI=1S/C17H16FN3O2/c18-13-4-6-15(7-5-13)21-11-12(9-16(21)22)17(23)20-10-14-3-1-2-8-19-14/h1-8,12H,9-11H2,(H,20,23). The van der Waals surface area contributed by atoms with Gasteiger partial charge in [0.2, 0.25) is 11.8 Å². The Morgan fingerprint density at radius 1 is 1.26 bits per heavy atom. The summed E-state index contributed by atoms with van der Waals surface area (Å²) in [6.07, 6.45) is 1.82. The molecule has 1 aliphatic rings. The summed E-state index contributed by atoms with van der Waals surface area (Å²) in [4.78, 5) is 30.0. The zero-order valence-electron chi connectivity index (χ0n) is 12.4. The van der Waals surface area contributed by atoms with E-state index in [4.69, 9.17) is 0 Å². The quantitative estimate of drug-likeness (QED) is 0.937. The predicted octanol–water partition coefficient (Wildman–Crippen LogP) is 1.89. The highest BCUT2D eigenvalue weighted by atomic mass is 19.1.